The monoisotopic (exact) mass is 497 g/mol. The molecule has 1 aromatic carbocycles. The molecule has 184 valence electrons. The van der Waals surface area contributed by atoms with Crippen LogP contribution in [0, 0.1) is 17.7 Å². The standard InChI is InChI=1S/C25H27N3O6S/c1-15-18(19(29)21(26)25(24(30)31)8-12-33-13-9-25)23(35-20(15)22-27-11-14-34-22)28-10-7-16-5-3-4-6-17(16)32-2/h3-6,11,14,26,28H,7-10,12-13H2,1-2H3,(H,30,31). The largest absolute Gasteiger partial charge is 0.496 e. The molecule has 9 nitrogen and oxygen atoms in total. The second-order valence-corrected chi connectivity index (χ2v) is 9.31. The van der Waals surface area contributed by atoms with Crippen molar-refractivity contribution in [2.45, 2.75) is 26.2 Å². The first-order chi connectivity index (χ1) is 16.9. The number of nitrogens with zero attached hydrogens (tertiary/aromatic N) is 1. The summed E-state index contributed by atoms with van der Waals surface area (Å²) in [4.78, 5) is 30.8. The molecule has 4 rings (SSSR count). The smallest absolute Gasteiger partial charge is 0.316 e. The van der Waals surface area contributed by atoms with Crippen LogP contribution in [0.25, 0.3) is 10.8 Å². The summed E-state index contributed by atoms with van der Waals surface area (Å²) in [7, 11) is 1.62. The van der Waals surface area contributed by atoms with Crippen molar-refractivity contribution in [1.29, 1.82) is 5.41 Å². The maximum Gasteiger partial charge on any atom is 0.316 e. The molecular formula is C25H27N3O6S. The fourth-order valence-electron chi connectivity index (χ4n) is 4.30. The molecule has 1 aliphatic heterocycles. The van der Waals surface area contributed by atoms with Crippen molar-refractivity contribution in [1.82, 2.24) is 4.98 Å². The fraction of sp³-hybridized carbons (Fsp3) is 0.360. The Morgan fingerprint density at radius 3 is 2.69 bits per heavy atom. The Bertz CT molecular complexity index is 1230. The van der Waals surface area contributed by atoms with Gasteiger partial charge in [0.25, 0.3) is 0 Å². The normalized spacial score (nSPS) is 14.9. The van der Waals surface area contributed by atoms with E-state index >= 15 is 0 Å². The quantitative estimate of drug-likeness (QED) is 0.276. The lowest BCUT2D eigenvalue weighted by Gasteiger charge is -2.33. The van der Waals surface area contributed by atoms with Gasteiger partial charge < -0.3 is 29.7 Å². The number of ketones is 1. The summed E-state index contributed by atoms with van der Waals surface area (Å²) in [6.07, 6.45) is 3.78. The van der Waals surface area contributed by atoms with Crippen LogP contribution in [-0.4, -0.2) is 54.4 Å². The summed E-state index contributed by atoms with van der Waals surface area (Å²) >= 11 is 1.30. The van der Waals surface area contributed by atoms with Gasteiger partial charge >= 0.3 is 5.97 Å². The molecule has 3 N–H and O–H groups in total. The van der Waals surface area contributed by atoms with Crippen LogP contribution in [0.1, 0.15) is 34.3 Å². The predicted molar refractivity (Wildman–Crippen MR) is 132 cm³/mol. The van der Waals surface area contributed by atoms with Gasteiger partial charge in [-0.3, -0.25) is 9.59 Å². The third kappa shape index (κ3) is 4.71. The number of oxazole rings is 1. The van der Waals surface area contributed by atoms with Gasteiger partial charge in [-0.05, 0) is 43.4 Å². The number of rotatable bonds is 10. The third-order valence-corrected chi connectivity index (χ3v) is 7.57. The second-order valence-electron chi connectivity index (χ2n) is 8.29. The Morgan fingerprint density at radius 2 is 2.03 bits per heavy atom. The average molecular weight is 498 g/mol. The van der Waals surface area contributed by atoms with E-state index in [0.717, 1.165) is 11.3 Å². The number of aromatic nitrogens is 1. The summed E-state index contributed by atoms with van der Waals surface area (Å²) in [5.41, 5.74) is -0.112. The summed E-state index contributed by atoms with van der Waals surface area (Å²) in [6.45, 7) is 2.64. The van der Waals surface area contributed by atoms with Crippen LogP contribution in [0.2, 0.25) is 0 Å². The molecule has 1 fully saturated rings. The Labute approximate surface area is 206 Å². The lowest BCUT2D eigenvalue weighted by Crippen LogP contribution is -2.47. The molecule has 2 aromatic heterocycles. The molecule has 1 aliphatic rings. The maximum absolute atomic E-state index is 13.7. The highest BCUT2D eigenvalue weighted by molar-refractivity contribution is 7.20. The minimum absolute atomic E-state index is 0.0826. The van der Waals surface area contributed by atoms with Gasteiger partial charge in [-0.1, -0.05) is 18.2 Å². The number of para-hydroxylation sites is 1. The van der Waals surface area contributed by atoms with Gasteiger partial charge in [0.15, 0.2) is 0 Å². The van der Waals surface area contributed by atoms with Crippen molar-refractivity contribution in [3.63, 3.8) is 0 Å². The van der Waals surface area contributed by atoms with Crippen LogP contribution in [0.3, 0.4) is 0 Å². The molecular weight excluding hydrogens is 470 g/mol. The van der Waals surface area contributed by atoms with E-state index in [1.165, 1.54) is 23.8 Å². The molecule has 0 saturated carbocycles. The van der Waals surface area contributed by atoms with E-state index in [2.05, 4.69) is 10.3 Å². The molecule has 0 bridgehead atoms. The van der Waals surface area contributed by atoms with Crippen molar-refractivity contribution < 1.29 is 28.6 Å². The van der Waals surface area contributed by atoms with Crippen molar-refractivity contribution in [2.24, 2.45) is 5.41 Å². The Morgan fingerprint density at radius 1 is 1.29 bits per heavy atom. The highest BCUT2D eigenvalue weighted by Crippen LogP contribution is 2.42. The third-order valence-electron chi connectivity index (χ3n) is 6.33. The number of nitrogens with one attached hydrogen (secondary N) is 2. The Kier molecular flexibility index (Phi) is 7.32. The molecule has 35 heavy (non-hydrogen) atoms. The van der Waals surface area contributed by atoms with E-state index in [9.17, 15) is 14.7 Å². The summed E-state index contributed by atoms with van der Waals surface area (Å²) < 4.78 is 16.2. The number of carboxylic acids is 1. The molecule has 0 aliphatic carbocycles. The molecule has 0 atom stereocenters. The molecule has 3 heterocycles. The zero-order valence-corrected chi connectivity index (χ0v) is 20.4. The van der Waals surface area contributed by atoms with Crippen molar-refractivity contribution >= 4 is 33.8 Å². The highest BCUT2D eigenvalue weighted by atomic mass is 32.1. The number of anilines is 1. The number of hydrogen-bond acceptors (Lipinski definition) is 9. The van der Waals surface area contributed by atoms with Gasteiger partial charge in [0, 0.05) is 19.8 Å². The lowest BCUT2D eigenvalue weighted by molar-refractivity contribution is -0.149. The van der Waals surface area contributed by atoms with Crippen LogP contribution < -0.4 is 10.1 Å². The first-order valence-corrected chi connectivity index (χ1v) is 12.0. The molecule has 1 saturated heterocycles. The van der Waals surface area contributed by atoms with E-state index in [4.69, 9.17) is 19.3 Å². The number of thiophene rings is 1. The maximum atomic E-state index is 13.7. The minimum Gasteiger partial charge on any atom is -0.496 e. The number of aliphatic carboxylic acids is 1. The van der Waals surface area contributed by atoms with E-state index < -0.39 is 22.9 Å². The van der Waals surface area contributed by atoms with Crippen LogP contribution in [-0.2, 0) is 16.0 Å². The van der Waals surface area contributed by atoms with Gasteiger partial charge in [-0.15, -0.1) is 11.3 Å². The first kappa shape index (κ1) is 24.6. The topological polar surface area (TPSA) is 135 Å². The first-order valence-electron chi connectivity index (χ1n) is 11.2. The number of hydrogen-bond donors (Lipinski definition) is 3. The molecule has 0 amide bonds. The summed E-state index contributed by atoms with van der Waals surface area (Å²) in [6, 6.07) is 7.70. The zero-order chi connectivity index (χ0) is 25.0. The van der Waals surface area contributed by atoms with Gasteiger partial charge in [0.2, 0.25) is 11.7 Å². The van der Waals surface area contributed by atoms with Gasteiger partial charge in [-0.2, -0.15) is 0 Å². The summed E-state index contributed by atoms with van der Waals surface area (Å²) in [5.74, 6) is -0.644. The van der Waals surface area contributed by atoms with Gasteiger partial charge in [-0.25, -0.2) is 4.98 Å². The number of methoxy groups -OCH3 is 1. The van der Waals surface area contributed by atoms with Crippen LogP contribution in [0.15, 0.2) is 41.1 Å². The number of Topliss-reactive ketones (excluding diaryl/α,β-unsaturated/α-hetero) is 1. The Hall–Kier alpha value is -3.50. The van der Waals surface area contributed by atoms with Crippen molar-refractivity contribution in [3.05, 3.63) is 53.4 Å². The lowest BCUT2D eigenvalue weighted by atomic mass is 9.73. The molecule has 3 aromatic rings. The SMILES string of the molecule is COc1ccccc1CCNc1sc(-c2ncco2)c(C)c1C(=O)C(=N)C1(C(=O)O)CCOCC1. The molecule has 10 heteroatoms. The van der Waals surface area contributed by atoms with Crippen LogP contribution >= 0.6 is 11.3 Å². The molecule has 0 spiro atoms. The van der Waals surface area contributed by atoms with Crippen LogP contribution in [0.4, 0.5) is 5.00 Å². The fourth-order valence-corrected chi connectivity index (χ4v) is 5.47. The van der Waals surface area contributed by atoms with E-state index in [-0.39, 0.29) is 31.6 Å². The number of carbonyl (C=O) groups excluding carboxylic acids is 1. The van der Waals surface area contributed by atoms with Crippen LogP contribution in [0.5, 0.6) is 5.75 Å². The number of carboxylic acid groups (broad SMARTS) is 1. The molecule has 0 radical (unpaired) electrons. The second kappa shape index (κ2) is 10.4. The number of ether oxygens (including phenoxy) is 2. The highest BCUT2D eigenvalue weighted by Gasteiger charge is 2.48. The number of carbonyl (C=O) groups is 2. The average Bonchev–Trinajstić information content (AvgIpc) is 3.51. The Balaban J connectivity index is 1.66. The summed E-state index contributed by atoms with van der Waals surface area (Å²) in [5, 5.41) is 22.5. The van der Waals surface area contributed by atoms with E-state index in [1.807, 2.05) is 24.3 Å². The van der Waals surface area contributed by atoms with Gasteiger partial charge in [0.1, 0.15) is 22.4 Å². The van der Waals surface area contributed by atoms with E-state index in [0.29, 0.717) is 34.3 Å². The predicted octanol–water partition coefficient (Wildman–Crippen LogP) is 4.46. The zero-order valence-electron chi connectivity index (χ0n) is 19.6. The minimum atomic E-state index is -1.57. The molecule has 0 unspecified atom stereocenters. The van der Waals surface area contributed by atoms with Gasteiger partial charge in [0.05, 0.1) is 29.5 Å². The number of benzene rings is 1. The van der Waals surface area contributed by atoms with Crippen molar-refractivity contribution in [2.75, 3.05) is 32.2 Å². The van der Waals surface area contributed by atoms with Crippen molar-refractivity contribution in [3.8, 4) is 16.5 Å². The van der Waals surface area contributed by atoms with E-state index in [1.54, 1.807) is 14.0 Å².